The summed E-state index contributed by atoms with van der Waals surface area (Å²) in [4.78, 5) is 0. The van der Waals surface area contributed by atoms with Gasteiger partial charge in [0.25, 0.3) is 0 Å². The predicted molar refractivity (Wildman–Crippen MR) is 162 cm³/mol. The van der Waals surface area contributed by atoms with Gasteiger partial charge in [-0.25, -0.2) is 0 Å². The van der Waals surface area contributed by atoms with E-state index in [2.05, 4.69) is 60.5 Å². The topological polar surface area (TPSA) is 0 Å². The first-order chi connectivity index (χ1) is 17.6. The maximum atomic E-state index is 4.12. The van der Waals surface area contributed by atoms with Gasteiger partial charge in [-0.3, -0.25) is 0 Å². The summed E-state index contributed by atoms with van der Waals surface area (Å²) in [5.41, 5.74) is 3.07. The molecule has 1 heteroatoms. The summed E-state index contributed by atoms with van der Waals surface area (Å²) in [7, 11) is 2.36. The van der Waals surface area contributed by atoms with Crippen molar-refractivity contribution in [3.05, 3.63) is 24.4 Å². The van der Waals surface area contributed by atoms with E-state index in [1.165, 1.54) is 116 Å². The Kier molecular flexibility index (Phi) is 9.79. The summed E-state index contributed by atoms with van der Waals surface area (Å²) in [5, 5.41) is 0. The molecular weight excluding hydrogens is 446 g/mol. The Morgan fingerprint density at radius 3 is 2.49 bits per heavy atom. The van der Waals surface area contributed by atoms with Crippen LogP contribution < -0.4 is 0 Å². The first kappa shape index (κ1) is 29.4. The van der Waals surface area contributed by atoms with E-state index in [0.29, 0.717) is 10.8 Å². The molecule has 0 aliphatic heterocycles. The summed E-state index contributed by atoms with van der Waals surface area (Å²) in [6.45, 7) is 19.2. The lowest BCUT2D eigenvalue weighted by atomic mass is 9.46. The molecule has 8 atom stereocenters. The minimum atomic E-state index is 0.523. The fourth-order valence-electron chi connectivity index (χ4n) is 10.2. The number of hydrogen-bond donors (Lipinski definition) is 0. The Balaban J connectivity index is 1.31. The largest absolute Gasteiger partial charge is 0.300 e. The van der Waals surface area contributed by atoms with Crippen molar-refractivity contribution in [1.82, 2.24) is 0 Å². The maximum absolute atomic E-state index is 4.12. The Morgan fingerprint density at radius 2 is 1.76 bits per heavy atom. The standard InChI is InChI=1S/C36H64N/c1-8-25-37(7,9-2)26-13-12-15-29-21-23-36(6)31(27-29)17-19-32-33-20-18-30(16-11-10-14-28(3)4)35(33,5)24-22-34(32)36/h9,17,28-30,32-34H,2,8,10-16,18-27H2,1,3-7H3/q+1. The minimum absolute atomic E-state index is 0.523. The van der Waals surface area contributed by atoms with Gasteiger partial charge >= 0.3 is 0 Å². The van der Waals surface area contributed by atoms with Gasteiger partial charge in [0.1, 0.15) is 0 Å². The Labute approximate surface area is 232 Å². The van der Waals surface area contributed by atoms with Gasteiger partial charge in [0.05, 0.1) is 26.3 Å². The number of nitrogens with zero attached hydrogens (tertiary/aromatic N) is 1. The third-order valence-corrected chi connectivity index (χ3v) is 12.7. The van der Waals surface area contributed by atoms with Gasteiger partial charge in [-0.05, 0) is 136 Å². The van der Waals surface area contributed by atoms with Gasteiger partial charge in [0.15, 0.2) is 0 Å². The molecule has 37 heavy (non-hydrogen) atoms. The fraction of sp³-hybridized carbons (Fsp3) is 0.889. The van der Waals surface area contributed by atoms with Crippen LogP contribution in [-0.4, -0.2) is 24.6 Å². The summed E-state index contributed by atoms with van der Waals surface area (Å²) < 4.78 is 1.05. The third kappa shape index (κ3) is 6.28. The molecule has 0 aromatic carbocycles. The van der Waals surface area contributed by atoms with Crippen LogP contribution in [-0.2, 0) is 0 Å². The number of unbranched alkanes of at least 4 members (excludes halogenated alkanes) is 2. The summed E-state index contributed by atoms with van der Waals surface area (Å²) in [5.74, 6) is 5.80. The average Bonchev–Trinajstić information content (AvgIpc) is 3.21. The second kappa shape index (κ2) is 12.3. The normalized spacial score (nSPS) is 38.9. The molecule has 0 aromatic rings. The van der Waals surface area contributed by atoms with Crippen LogP contribution in [0.25, 0.3) is 0 Å². The maximum Gasteiger partial charge on any atom is 0.0883 e. The van der Waals surface area contributed by atoms with E-state index in [1.807, 2.05) is 5.57 Å². The molecule has 0 spiro atoms. The van der Waals surface area contributed by atoms with Gasteiger partial charge < -0.3 is 4.48 Å². The van der Waals surface area contributed by atoms with Crippen LogP contribution >= 0.6 is 0 Å². The van der Waals surface area contributed by atoms with Crippen LogP contribution in [0.15, 0.2) is 24.4 Å². The molecule has 8 unspecified atom stereocenters. The first-order valence-corrected chi connectivity index (χ1v) is 16.8. The molecule has 0 N–H and O–H groups in total. The van der Waals surface area contributed by atoms with Gasteiger partial charge in [-0.15, -0.1) is 0 Å². The number of rotatable bonds is 13. The van der Waals surface area contributed by atoms with Crippen molar-refractivity contribution >= 4 is 0 Å². The minimum Gasteiger partial charge on any atom is -0.300 e. The SMILES string of the molecule is C=C[N+](C)(CCC)CCCCC1CCC2(C)C(=CCC3C2CCC2(C)C(CCCCC(C)C)CCC32)C1. The van der Waals surface area contributed by atoms with Crippen LogP contribution in [0.4, 0.5) is 0 Å². The Morgan fingerprint density at radius 1 is 0.973 bits per heavy atom. The zero-order valence-electron chi connectivity index (χ0n) is 26.0. The molecule has 0 saturated heterocycles. The smallest absolute Gasteiger partial charge is 0.0883 e. The van der Waals surface area contributed by atoms with E-state index in [4.69, 9.17) is 0 Å². The van der Waals surface area contributed by atoms with Gasteiger partial charge in [-0.1, -0.05) is 65.5 Å². The van der Waals surface area contributed by atoms with Crippen molar-refractivity contribution < 1.29 is 4.48 Å². The van der Waals surface area contributed by atoms with Crippen molar-refractivity contribution in [3.63, 3.8) is 0 Å². The molecule has 4 aliphatic rings. The Hall–Kier alpha value is -0.560. The number of hydrogen-bond acceptors (Lipinski definition) is 0. The molecular formula is C36H64N+. The van der Waals surface area contributed by atoms with E-state index in [9.17, 15) is 0 Å². The predicted octanol–water partition coefficient (Wildman–Crippen LogP) is 10.6. The van der Waals surface area contributed by atoms with Crippen LogP contribution in [0.2, 0.25) is 0 Å². The molecule has 3 saturated carbocycles. The second-order valence-electron chi connectivity index (χ2n) is 15.5. The van der Waals surface area contributed by atoms with E-state index >= 15 is 0 Å². The van der Waals surface area contributed by atoms with Crippen molar-refractivity contribution in [1.29, 1.82) is 0 Å². The molecule has 0 radical (unpaired) electrons. The van der Waals surface area contributed by atoms with Crippen molar-refractivity contribution in [2.75, 3.05) is 20.1 Å². The zero-order valence-corrected chi connectivity index (χ0v) is 26.0. The molecule has 3 fully saturated rings. The number of allylic oxidation sites excluding steroid dienone is 2. The molecule has 0 aromatic heterocycles. The summed E-state index contributed by atoms with van der Waals surface area (Å²) >= 11 is 0. The second-order valence-corrected chi connectivity index (χ2v) is 15.5. The van der Waals surface area contributed by atoms with Crippen LogP contribution in [0.5, 0.6) is 0 Å². The summed E-state index contributed by atoms with van der Waals surface area (Å²) in [6.07, 6.45) is 28.2. The number of fused-ring (bicyclic) bond motifs is 5. The first-order valence-electron chi connectivity index (χ1n) is 16.8. The van der Waals surface area contributed by atoms with E-state index in [-0.39, 0.29) is 0 Å². The van der Waals surface area contributed by atoms with Crippen molar-refractivity contribution in [3.8, 4) is 0 Å². The Bertz CT molecular complexity index is 780. The molecule has 0 heterocycles. The highest BCUT2D eigenvalue weighted by atomic mass is 15.3. The summed E-state index contributed by atoms with van der Waals surface area (Å²) in [6, 6.07) is 0. The quantitative estimate of drug-likeness (QED) is 0.131. The zero-order chi connectivity index (χ0) is 26.7. The van der Waals surface area contributed by atoms with E-state index in [1.54, 1.807) is 0 Å². The molecule has 0 bridgehead atoms. The molecule has 1 nitrogen and oxygen atoms in total. The van der Waals surface area contributed by atoms with Gasteiger partial charge in [0, 0.05) is 0 Å². The van der Waals surface area contributed by atoms with E-state index in [0.717, 1.165) is 40.0 Å². The van der Waals surface area contributed by atoms with Gasteiger partial charge in [-0.2, -0.15) is 0 Å². The van der Waals surface area contributed by atoms with E-state index < -0.39 is 0 Å². The third-order valence-electron chi connectivity index (χ3n) is 12.7. The van der Waals surface area contributed by atoms with Crippen molar-refractivity contribution in [2.24, 2.45) is 46.3 Å². The lowest BCUT2D eigenvalue weighted by molar-refractivity contribution is -0.859. The molecule has 4 aliphatic carbocycles. The molecule has 0 amide bonds. The number of quaternary nitrogens is 1. The van der Waals surface area contributed by atoms with Crippen molar-refractivity contribution in [2.45, 2.75) is 137 Å². The highest BCUT2D eigenvalue weighted by Gasteiger charge is 2.58. The highest BCUT2D eigenvalue weighted by Crippen LogP contribution is 2.67. The average molecular weight is 511 g/mol. The van der Waals surface area contributed by atoms with Crippen LogP contribution in [0.3, 0.4) is 0 Å². The van der Waals surface area contributed by atoms with Gasteiger partial charge in [0.2, 0.25) is 0 Å². The monoisotopic (exact) mass is 511 g/mol. The molecule has 212 valence electrons. The highest BCUT2D eigenvalue weighted by molar-refractivity contribution is 5.25. The van der Waals surface area contributed by atoms with Crippen LogP contribution in [0.1, 0.15) is 137 Å². The lowest BCUT2D eigenvalue weighted by Crippen LogP contribution is -2.50. The molecule has 4 rings (SSSR count). The lowest BCUT2D eigenvalue weighted by Gasteiger charge is -2.58. The van der Waals surface area contributed by atoms with Crippen LogP contribution in [0, 0.1) is 46.3 Å². The fourth-order valence-corrected chi connectivity index (χ4v) is 10.2.